The molecule has 0 radical (unpaired) electrons. The van der Waals surface area contributed by atoms with Crippen molar-refractivity contribution in [3.05, 3.63) is 29.3 Å². The average Bonchev–Trinajstić information content (AvgIpc) is 3.21. The minimum absolute atomic E-state index is 0.0782. The van der Waals surface area contributed by atoms with Crippen LogP contribution in [0.1, 0.15) is 47.1 Å². The molecule has 0 aliphatic heterocycles. The zero-order chi connectivity index (χ0) is 18.1. The number of anilines is 1. The van der Waals surface area contributed by atoms with E-state index in [0.717, 1.165) is 12.8 Å². The first kappa shape index (κ1) is 17.1. The number of hydrogen-bond acceptors (Lipinski definition) is 4. The van der Waals surface area contributed by atoms with Crippen molar-refractivity contribution in [3.8, 4) is 0 Å². The summed E-state index contributed by atoms with van der Waals surface area (Å²) >= 11 is 0. The van der Waals surface area contributed by atoms with Gasteiger partial charge in [-0.15, -0.1) is 0 Å². The van der Waals surface area contributed by atoms with Gasteiger partial charge in [0.25, 0.3) is 12.3 Å². The summed E-state index contributed by atoms with van der Waals surface area (Å²) < 4.78 is 28.5. The third-order valence-corrected chi connectivity index (χ3v) is 3.89. The van der Waals surface area contributed by atoms with E-state index in [1.165, 1.54) is 28.7 Å². The smallest absolute Gasteiger partial charge is 0.282 e. The van der Waals surface area contributed by atoms with E-state index in [-0.39, 0.29) is 29.5 Å². The lowest BCUT2D eigenvalue weighted by molar-refractivity contribution is -0.117. The quantitative estimate of drug-likeness (QED) is 0.822. The number of amides is 2. The summed E-state index contributed by atoms with van der Waals surface area (Å²) in [4.78, 5) is 24.1. The molecule has 0 aromatic carbocycles. The Morgan fingerprint density at radius 2 is 2.08 bits per heavy atom. The average molecular weight is 352 g/mol. The topological polar surface area (TPSA) is 93.8 Å². The van der Waals surface area contributed by atoms with Gasteiger partial charge in [0, 0.05) is 31.9 Å². The summed E-state index contributed by atoms with van der Waals surface area (Å²) in [6, 6.07) is 1.36. The minimum atomic E-state index is -2.68. The van der Waals surface area contributed by atoms with Crippen molar-refractivity contribution in [2.45, 2.75) is 31.7 Å². The molecule has 0 bridgehead atoms. The van der Waals surface area contributed by atoms with Crippen molar-refractivity contribution in [3.63, 3.8) is 0 Å². The Morgan fingerprint density at radius 3 is 2.68 bits per heavy atom. The molecule has 2 amide bonds. The first-order valence-electron chi connectivity index (χ1n) is 7.80. The van der Waals surface area contributed by atoms with E-state index in [4.69, 9.17) is 0 Å². The zero-order valence-electron chi connectivity index (χ0n) is 13.8. The summed E-state index contributed by atoms with van der Waals surface area (Å²) in [5.74, 6) is -0.731. The molecule has 10 heteroatoms. The second kappa shape index (κ2) is 6.61. The number of carbonyl (C=O) groups is 2. The first-order valence-corrected chi connectivity index (χ1v) is 7.80. The van der Waals surface area contributed by atoms with Crippen molar-refractivity contribution in [2.75, 3.05) is 12.4 Å². The van der Waals surface area contributed by atoms with E-state index in [2.05, 4.69) is 20.8 Å². The van der Waals surface area contributed by atoms with E-state index in [0.29, 0.717) is 5.69 Å². The molecule has 1 fully saturated rings. The maximum absolute atomic E-state index is 12.9. The molecule has 134 valence electrons. The molecular weight excluding hydrogens is 334 g/mol. The first-order chi connectivity index (χ1) is 11.9. The van der Waals surface area contributed by atoms with Crippen LogP contribution in [0, 0.1) is 0 Å². The van der Waals surface area contributed by atoms with Crippen LogP contribution in [0.15, 0.2) is 12.3 Å². The van der Waals surface area contributed by atoms with Crippen molar-refractivity contribution < 1.29 is 18.4 Å². The number of nitrogens with zero attached hydrogens (tertiary/aromatic N) is 4. The van der Waals surface area contributed by atoms with Crippen molar-refractivity contribution in [1.29, 1.82) is 0 Å². The maximum Gasteiger partial charge on any atom is 0.282 e. The maximum atomic E-state index is 12.9. The second-order valence-electron chi connectivity index (χ2n) is 5.92. The second-order valence-corrected chi connectivity index (χ2v) is 5.92. The fourth-order valence-corrected chi connectivity index (χ4v) is 2.58. The third kappa shape index (κ3) is 3.67. The lowest BCUT2D eigenvalue weighted by Crippen LogP contribution is -2.24. The fourth-order valence-electron chi connectivity index (χ4n) is 2.58. The Bertz CT molecular complexity index is 809. The van der Waals surface area contributed by atoms with Crippen LogP contribution in [-0.2, 0) is 18.4 Å². The molecule has 2 aromatic heterocycles. The number of hydrogen-bond donors (Lipinski definition) is 2. The third-order valence-electron chi connectivity index (χ3n) is 3.89. The number of rotatable bonds is 6. The van der Waals surface area contributed by atoms with Gasteiger partial charge in [0.15, 0.2) is 5.69 Å². The highest BCUT2D eigenvalue weighted by atomic mass is 19.3. The molecule has 2 aromatic rings. The van der Waals surface area contributed by atoms with Gasteiger partial charge in [-0.2, -0.15) is 10.2 Å². The Kier molecular flexibility index (Phi) is 4.51. The Balaban J connectivity index is 1.76. The summed E-state index contributed by atoms with van der Waals surface area (Å²) in [5.41, 5.74) is 0.640. The molecule has 1 saturated carbocycles. The molecular formula is C15H18F2N6O2. The van der Waals surface area contributed by atoms with Crippen molar-refractivity contribution in [2.24, 2.45) is 7.05 Å². The zero-order valence-corrected chi connectivity index (χ0v) is 13.8. The van der Waals surface area contributed by atoms with E-state index in [9.17, 15) is 18.4 Å². The number of carbonyl (C=O) groups excluding carboxylic acids is 2. The van der Waals surface area contributed by atoms with E-state index >= 15 is 0 Å². The molecule has 3 rings (SSSR count). The normalized spacial score (nSPS) is 14.0. The highest BCUT2D eigenvalue weighted by Crippen LogP contribution is 2.41. The van der Waals surface area contributed by atoms with Crippen LogP contribution >= 0.6 is 0 Å². The van der Waals surface area contributed by atoms with Gasteiger partial charge in [0.1, 0.15) is 12.2 Å². The van der Waals surface area contributed by atoms with Crippen LogP contribution in [0.25, 0.3) is 0 Å². The molecule has 1 aliphatic carbocycles. The molecule has 2 N–H and O–H groups in total. The molecule has 0 spiro atoms. The summed E-state index contributed by atoms with van der Waals surface area (Å²) in [6.07, 6.45) is 0.622. The molecule has 0 unspecified atom stereocenters. The minimum Gasteiger partial charge on any atom is -0.354 e. The highest BCUT2D eigenvalue weighted by molar-refractivity contribution is 6.02. The summed E-state index contributed by atoms with van der Waals surface area (Å²) in [7, 11) is 3.08. The number of nitrogens with one attached hydrogen (secondary N) is 2. The number of alkyl halides is 2. The van der Waals surface area contributed by atoms with Gasteiger partial charge in [0.05, 0.1) is 5.69 Å². The van der Waals surface area contributed by atoms with Crippen LogP contribution < -0.4 is 10.6 Å². The predicted molar refractivity (Wildman–Crippen MR) is 84.4 cm³/mol. The van der Waals surface area contributed by atoms with E-state index in [1.807, 2.05) is 0 Å². The molecule has 0 atom stereocenters. The standard InChI is InChI=1S/C15H18F2N6O2/c1-18-15(25)13-10(6-22(2)21-13)19-12(24)7-23-11(8-3-4-8)5-9(20-23)14(16)17/h5-6,8,14H,3-4,7H2,1-2H3,(H,18,25)(H,19,24). The summed E-state index contributed by atoms with van der Waals surface area (Å²) in [5, 5.41) is 12.9. The van der Waals surface area contributed by atoms with Crippen LogP contribution in [0.5, 0.6) is 0 Å². The van der Waals surface area contributed by atoms with Crippen LogP contribution in [0.2, 0.25) is 0 Å². The molecule has 0 saturated heterocycles. The lowest BCUT2D eigenvalue weighted by Gasteiger charge is -2.07. The van der Waals surface area contributed by atoms with Gasteiger partial charge in [-0.3, -0.25) is 19.0 Å². The van der Waals surface area contributed by atoms with Gasteiger partial charge in [-0.1, -0.05) is 0 Å². The monoisotopic (exact) mass is 352 g/mol. The van der Waals surface area contributed by atoms with Gasteiger partial charge in [0.2, 0.25) is 5.91 Å². The molecule has 8 nitrogen and oxygen atoms in total. The number of aromatic nitrogens is 4. The number of halogens is 2. The Morgan fingerprint density at radius 1 is 1.36 bits per heavy atom. The lowest BCUT2D eigenvalue weighted by atomic mass is 10.2. The van der Waals surface area contributed by atoms with Crippen molar-refractivity contribution in [1.82, 2.24) is 24.9 Å². The predicted octanol–water partition coefficient (Wildman–Crippen LogP) is 1.43. The van der Waals surface area contributed by atoms with Crippen LogP contribution in [0.3, 0.4) is 0 Å². The SMILES string of the molecule is CNC(=O)c1nn(C)cc1NC(=O)Cn1nc(C(F)F)cc1C1CC1. The fraction of sp³-hybridized carbons (Fsp3) is 0.467. The van der Waals surface area contributed by atoms with E-state index in [1.54, 1.807) is 7.05 Å². The summed E-state index contributed by atoms with van der Waals surface area (Å²) in [6.45, 7) is -0.208. The molecule has 1 aliphatic rings. The highest BCUT2D eigenvalue weighted by Gasteiger charge is 2.30. The molecule has 2 heterocycles. The molecule has 25 heavy (non-hydrogen) atoms. The Hall–Kier alpha value is -2.78. The number of aryl methyl sites for hydroxylation is 1. The van der Waals surface area contributed by atoms with Gasteiger partial charge >= 0.3 is 0 Å². The van der Waals surface area contributed by atoms with Crippen LogP contribution in [0.4, 0.5) is 14.5 Å². The van der Waals surface area contributed by atoms with Crippen LogP contribution in [-0.4, -0.2) is 38.4 Å². The largest absolute Gasteiger partial charge is 0.354 e. The van der Waals surface area contributed by atoms with Crippen molar-refractivity contribution >= 4 is 17.5 Å². The van der Waals surface area contributed by atoms with Gasteiger partial charge in [-0.25, -0.2) is 8.78 Å². The van der Waals surface area contributed by atoms with Gasteiger partial charge in [-0.05, 0) is 18.9 Å². The van der Waals surface area contributed by atoms with E-state index < -0.39 is 18.2 Å². The Labute approximate surface area is 142 Å². The van der Waals surface area contributed by atoms with Gasteiger partial charge < -0.3 is 10.6 Å².